The highest BCUT2D eigenvalue weighted by Crippen LogP contribution is 2.32. The van der Waals surface area contributed by atoms with Gasteiger partial charge in [-0.3, -0.25) is 4.79 Å². The molecule has 102 valence electrons. The Balaban J connectivity index is 1.84. The number of hydrogen-bond acceptors (Lipinski definition) is 2. The van der Waals surface area contributed by atoms with Crippen LogP contribution in [0.5, 0.6) is 0 Å². The average Bonchev–Trinajstić information content (AvgIpc) is 2.37. The van der Waals surface area contributed by atoms with Gasteiger partial charge >= 0.3 is 0 Å². The highest BCUT2D eigenvalue weighted by molar-refractivity contribution is 5.99. The maximum Gasteiger partial charge on any atom is 0.169 e. The third-order valence-electron chi connectivity index (χ3n) is 4.55. The molecule has 2 saturated heterocycles. The molecule has 2 aliphatic heterocycles. The van der Waals surface area contributed by atoms with Gasteiger partial charge in [-0.1, -0.05) is 18.6 Å². The number of piperidine rings is 2. The number of ketones is 1. The monoisotopic (exact) mass is 261 g/mol. The van der Waals surface area contributed by atoms with Gasteiger partial charge in [-0.2, -0.15) is 0 Å². The number of benzene rings is 1. The molecule has 1 N–H and O–H groups in total. The molecule has 1 aromatic carbocycles. The molecule has 0 aromatic heterocycles. The molecular weight excluding hydrogens is 241 g/mol. The number of rotatable bonds is 2. The summed E-state index contributed by atoms with van der Waals surface area (Å²) < 4.78 is 13.9. The van der Waals surface area contributed by atoms with Crippen molar-refractivity contribution >= 4 is 5.78 Å². The van der Waals surface area contributed by atoms with Crippen molar-refractivity contribution in [1.29, 1.82) is 0 Å². The number of aryl methyl sites for hydroxylation is 1. The molecule has 3 rings (SSSR count). The van der Waals surface area contributed by atoms with Crippen LogP contribution >= 0.6 is 0 Å². The smallest absolute Gasteiger partial charge is 0.169 e. The van der Waals surface area contributed by atoms with E-state index in [1.54, 1.807) is 6.07 Å². The largest absolute Gasteiger partial charge is 0.311 e. The molecule has 0 amide bonds. The van der Waals surface area contributed by atoms with Crippen molar-refractivity contribution in [2.45, 2.75) is 51.1 Å². The summed E-state index contributed by atoms with van der Waals surface area (Å²) >= 11 is 0. The number of hydrogen-bond donors (Lipinski definition) is 1. The second-order valence-corrected chi connectivity index (χ2v) is 5.96. The Labute approximate surface area is 113 Å². The van der Waals surface area contributed by atoms with Crippen LogP contribution in [0, 0.1) is 18.7 Å². The van der Waals surface area contributed by atoms with Crippen molar-refractivity contribution in [3.05, 3.63) is 35.1 Å². The van der Waals surface area contributed by atoms with Crippen LogP contribution in [0.25, 0.3) is 0 Å². The fourth-order valence-electron chi connectivity index (χ4n) is 3.63. The molecule has 0 radical (unpaired) electrons. The minimum Gasteiger partial charge on any atom is -0.311 e. The lowest BCUT2D eigenvalue weighted by Gasteiger charge is -2.39. The maximum absolute atomic E-state index is 13.9. The standard InChI is InChI=1S/C16H20FNO/c1-10-4-2-7-14(17)15(10)16(19)11-8-12-5-3-6-13(9-11)18-12/h2,4,7,11-13,18H,3,5-6,8-9H2,1H3. The summed E-state index contributed by atoms with van der Waals surface area (Å²) in [6.07, 6.45) is 5.28. The summed E-state index contributed by atoms with van der Waals surface area (Å²) in [5, 5.41) is 3.57. The second kappa shape index (κ2) is 5.04. The van der Waals surface area contributed by atoms with Crippen LogP contribution in [-0.2, 0) is 0 Å². The summed E-state index contributed by atoms with van der Waals surface area (Å²) in [6, 6.07) is 5.78. The van der Waals surface area contributed by atoms with Crippen molar-refractivity contribution in [3.8, 4) is 0 Å². The highest BCUT2D eigenvalue weighted by atomic mass is 19.1. The van der Waals surface area contributed by atoms with Gasteiger partial charge in [-0.05, 0) is 44.2 Å². The predicted octanol–water partition coefficient (Wildman–Crippen LogP) is 3.24. The first-order chi connectivity index (χ1) is 9.15. The molecule has 0 aliphatic carbocycles. The lowest BCUT2D eigenvalue weighted by molar-refractivity contribution is 0.0820. The van der Waals surface area contributed by atoms with Gasteiger partial charge < -0.3 is 5.32 Å². The Hall–Kier alpha value is -1.22. The van der Waals surface area contributed by atoms with Crippen LogP contribution in [0.1, 0.15) is 48.0 Å². The van der Waals surface area contributed by atoms with Crippen LogP contribution in [0.15, 0.2) is 18.2 Å². The molecule has 2 nitrogen and oxygen atoms in total. The zero-order chi connectivity index (χ0) is 13.4. The molecule has 2 atom stereocenters. The van der Waals surface area contributed by atoms with Crippen LogP contribution in [-0.4, -0.2) is 17.9 Å². The van der Waals surface area contributed by atoms with Gasteiger partial charge in [-0.25, -0.2) is 4.39 Å². The number of carbonyl (C=O) groups excluding carboxylic acids is 1. The SMILES string of the molecule is Cc1cccc(F)c1C(=O)C1CC2CCCC(C1)N2. The van der Waals surface area contributed by atoms with E-state index >= 15 is 0 Å². The molecule has 1 aromatic rings. The van der Waals surface area contributed by atoms with Gasteiger partial charge in [0.05, 0.1) is 5.56 Å². The van der Waals surface area contributed by atoms with Crippen molar-refractivity contribution in [1.82, 2.24) is 5.32 Å². The average molecular weight is 261 g/mol. The number of fused-ring (bicyclic) bond motifs is 2. The number of carbonyl (C=O) groups is 1. The van der Waals surface area contributed by atoms with Gasteiger partial charge in [0.25, 0.3) is 0 Å². The number of halogens is 1. The highest BCUT2D eigenvalue weighted by Gasteiger charge is 2.35. The quantitative estimate of drug-likeness (QED) is 0.828. The van der Waals surface area contributed by atoms with Crippen LogP contribution < -0.4 is 5.32 Å². The Morgan fingerprint density at radius 2 is 1.95 bits per heavy atom. The van der Waals surface area contributed by atoms with E-state index in [2.05, 4.69) is 5.32 Å². The molecule has 2 heterocycles. The molecule has 2 bridgehead atoms. The van der Waals surface area contributed by atoms with Crippen molar-refractivity contribution in [3.63, 3.8) is 0 Å². The van der Waals surface area contributed by atoms with Gasteiger partial charge in [0.2, 0.25) is 0 Å². The van der Waals surface area contributed by atoms with Crippen molar-refractivity contribution in [2.75, 3.05) is 0 Å². The van der Waals surface area contributed by atoms with Crippen LogP contribution in [0.2, 0.25) is 0 Å². The lowest BCUT2D eigenvalue weighted by Crippen LogP contribution is -2.50. The first kappa shape index (κ1) is 12.8. The van der Waals surface area contributed by atoms with Gasteiger partial charge in [0.1, 0.15) is 5.82 Å². The summed E-state index contributed by atoms with van der Waals surface area (Å²) in [5.41, 5.74) is 1.07. The Morgan fingerprint density at radius 1 is 1.26 bits per heavy atom. The third-order valence-corrected chi connectivity index (χ3v) is 4.55. The topological polar surface area (TPSA) is 29.1 Å². The Bertz CT molecular complexity index is 467. The zero-order valence-corrected chi connectivity index (χ0v) is 11.3. The van der Waals surface area contributed by atoms with E-state index in [9.17, 15) is 9.18 Å². The molecule has 2 unspecified atom stereocenters. The van der Waals surface area contributed by atoms with Gasteiger partial charge in [0, 0.05) is 18.0 Å². The second-order valence-electron chi connectivity index (χ2n) is 5.96. The molecule has 0 spiro atoms. The molecule has 2 aliphatic rings. The molecule has 19 heavy (non-hydrogen) atoms. The summed E-state index contributed by atoms with van der Waals surface area (Å²) in [4.78, 5) is 12.6. The van der Waals surface area contributed by atoms with Crippen LogP contribution in [0.3, 0.4) is 0 Å². The summed E-state index contributed by atoms with van der Waals surface area (Å²) in [7, 11) is 0. The number of nitrogens with one attached hydrogen (secondary N) is 1. The first-order valence-electron chi connectivity index (χ1n) is 7.20. The molecule has 2 fully saturated rings. The Morgan fingerprint density at radius 3 is 2.58 bits per heavy atom. The fourth-order valence-corrected chi connectivity index (χ4v) is 3.63. The molecule has 3 heteroatoms. The van der Waals surface area contributed by atoms with E-state index < -0.39 is 0 Å². The van der Waals surface area contributed by atoms with E-state index in [4.69, 9.17) is 0 Å². The Kier molecular flexibility index (Phi) is 3.40. The van der Waals surface area contributed by atoms with Gasteiger partial charge in [0.15, 0.2) is 5.78 Å². The maximum atomic E-state index is 13.9. The fraction of sp³-hybridized carbons (Fsp3) is 0.562. The van der Waals surface area contributed by atoms with Crippen molar-refractivity contribution in [2.24, 2.45) is 5.92 Å². The molecule has 0 saturated carbocycles. The van der Waals surface area contributed by atoms with E-state index in [0.29, 0.717) is 17.6 Å². The first-order valence-corrected chi connectivity index (χ1v) is 7.20. The van der Waals surface area contributed by atoms with Crippen LogP contribution in [0.4, 0.5) is 4.39 Å². The van der Waals surface area contributed by atoms with Crippen molar-refractivity contribution < 1.29 is 9.18 Å². The summed E-state index contributed by atoms with van der Waals surface area (Å²) in [6.45, 7) is 1.82. The van der Waals surface area contributed by atoms with E-state index in [0.717, 1.165) is 31.2 Å². The zero-order valence-electron chi connectivity index (χ0n) is 11.3. The van der Waals surface area contributed by atoms with E-state index in [-0.39, 0.29) is 17.5 Å². The minimum absolute atomic E-state index is 0.00727. The normalized spacial score (nSPS) is 30.1. The lowest BCUT2D eigenvalue weighted by atomic mass is 9.76. The van der Waals surface area contributed by atoms with E-state index in [1.807, 2.05) is 13.0 Å². The minimum atomic E-state index is -0.367. The van der Waals surface area contributed by atoms with E-state index in [1.165, 1.54) is 12.5 Å². The van der Waals surface area contributed by atoms with Gasteiger partial charge in [-0.15, -0.1) is 0 Å². The number of Topliss-reactive ketones (excluding diaryl/α,β-unsaturated/α-hetero) is 1. The predicted molar refractivity (Wildman–Crippen MR) is 72.8 cm³/mol. The third kappa shape index (κ3) is 2.44. The molecular formula is C16H20FNO. The summed E-state index contributed by atoms with van der Waals surface area (Å²) in [5.74, 6) is -0.366.